The lowest BCUT2D eigenvalue weighted by Crippen LogP contribution is -2.44. The molecule has 2 rings (SSSR count). The third-order valence-electron chi connectivity index (χ3n) is 3.90. The van der Waals surface area contributed by atoms with E-state index >= 15 is 0 Å². The zero-order valence-electron chi connectivity index (χ0n) is 11.0. The van der Waals surface area contributed by atoms with Crippen molar-refractivity contribution in [3.63, 3.8) is 0 Å². The van der Waals surface area contributed by atoms with Gasteiger partial charge in [0.25, 0.3) is 0 Å². The summed E-state index contributed by atoms with van der Waals surface area (Å²) < 4.78 is 23.4. The van der Waals surface area contributed by atoms with Crippen molar-refractivity contribution in [2.45, 2.75) is 37.9 Å². The first-order chi connectivity index (χ1) is 8.49. The fraction of sp³-hybridized carbons (Fsp3) is 0.917. The van der Waals surface area contributed by atoms with Crippen molar-refractivity contribution in [3.8, 4) is 0 Å². The normalized spacial score (nSPS) is 32.7. The van der Waals surface area contributed by atoms with Crippen molar-refractivity contribution in [1.82, 2.24) is 4.90 Å². The van der Waals surface area contributed by atoms with Gasteiger partial charge in [0.15, 0.2) is 15.8 Å². The number of sulfone groups is 1. The zero-order chi connectivity index (χ0) is 13.2. The maximum Gasteiger partial charge on any atom is 0.191 e. The first-order valence-electron chi connectivity index (χ1n) is 6.75. The minimum Gasteiger partial charge on any atom is -0.370 e. The number of nitrogens with two attached hydrogens (primary N) is 1. The lowest BCUT2D eigenvalue weighted by atomic mass is 10.0. The molecule has 0 unspecified atom stereocenters. The van der Waals surface area contributed by atoms with Gasteiger partial charge in [-0.05, 0) is 31.6 Å². The Labute approximate surface area is 109 Å². The lowest BCUT2D eigenvalue weighted by molar-refractivity contribution is 0.270. The predicted molar refractivity (Wildman–Crippen MR) is 73.3 cm³/mol. The summed E-state index contributed by atoms with van der Waals surface area (Å²) in [6.07, 6.45) is 3.87. The van der Waals surface area contributed by atoms with Gasteiger partial charge >= 0.3 is 0 Å². The third kappa shape index (κ3) is 3.16. The minimum atomic E-state index is -2.91. The van der Waals surface area contributed by atoms with Crippen molar-refractivity contribution in [2.24, 2.45) is 16.6 Å². The number of piperidine rings is 1. The summed E-state index contributed by atoms with van der Waals surface area (Å²) in [7, 11) is -2.91. The monoisotopic (exact) mass is 273 g/mol. The number of nitrogens with zero attached hydrogens (tertiary/aromatic N) is 2. The highest BCUT2D eigenvalue weighted by Crippen LogP contribution is 2.20. The van der Waals surface area contributed by atoms with Gasteiger partial charge in [-0.25, -0.2) is 8.42 Å². The lowest BCUT2D eigenvalue weighted by Gasteiger charge is -2.31. The van der Waals surface area contributed by atoms with Crippen LogP contribution in [0.1, 0.15) is 32.6 Å². The fourth-order valence-electron chi connectivity index (χ4n) is 2.76. The SMILES string of the molecule is C[C@H]1CCCN(C(N)=NC[C@H]2CCCS2(=O)=O)C1. The van der Waals surface area contributed by atoms with Crippen LogP contribution in [0.25, 0.3) is 0 Å². The topological polar surface area (TPSA) is 75.8 Å². The fourth-order valence-corrected chi connectivity index (χ4v) is 4.49. The molecule has 0 bridgehead atoms. The molecule has 2 fully saturated rings. The molecule has 2 N–H and O–H groups in total. The molecular weight excluding hydrogens is 250 g/mol. The second-order valence-electron chi connectivity index (χ2n) is 5.52. The zero-order valence-corrected chi connectivity index (χ0v) is 11.8. The predicted octanol–water partition coefficient (Wildman–Crippen LogP) is 0.610. The molecule has 0 amide bonds. The highest BCUT2D eigenvalue weighted by atomic mass is 32.2. The van der Waals surface area contributed by atoms with E-state index in [0.717, 1.165) is 32.4 Å². The summed E-state index contributed by atoms with van der Waals surface area (Å²) in [5.41, 5.74) is 5.96. The molecule has 18 heavy (non-hydrogen) atoms. The molecule has 0 spiro atoms. The number of hydrogen-bond donors (Lipinski definition) is 1. The van der Waals surface area contributed by atoms with E-state index in [1.54, 1.807) is 0 Å². The summed E-state index contributed by atoms with van der Waals surface area (Å²) in [4.78, 5) is 6.38. The summed E-state index contributed by atoms with van der Waals surface area (Å²) >= 11 is 0. The molecule has 0 aromatic heterocycles. The maximum atomic E-state index is 11.7. The van der Waals surface area contributed by atoms with E-state index in [9.17, 15) is 8.42 Å². The average molecular weight is 273 g/mol. The van der Waals surface area contributed by atoms with Crippen LogP contribution in [0.3, 0.4) is 0 Å². The van der Waals surface area contributed by atoms with Gasteiger partial charge in [-0.1, -0.05) is 6.92 Å². The smallest absolute Gasteiger partial charge is 0.191 e. The Hall–Kier alpha value is -0.780. The molecule has 0 saturated carbocycles. The molecule has 2 heterocycles. The van der Waals surface area contributed by atoms with E-state index in [-0.39, 0.29) is 5.25 Å². The van der Waals surface area contributed by atoms with Crippen LogP contribution < -0.4 is 5.73 Å². The van der Waals surface area contributed by atoms with Crippen LogP contribution in [0.4, 0.5) is 0 Å². The second-order valence-corrected chi connectivity index (χ2v) is 7.92. The molecule has 104 valence electrons. The molecule has 0 aliphatic carbocycles. The highest BCUT2D eigenvalue weighted by molar-refractivity contribution is 7.92. The Morgan fingerprint density at radius 1 is 1.39 bits per heavy atom. The Bertz CT molecular complexity index is 419. The van der Waals surface area contributed by atoms with Crippen molar-refractivity contribution in [2.75, 3.05) is 25.4 Å². The molecule has 0 aromatic carbocycles. The largest absolute Gasteiger partial charge is 0.370 e. The quantitative estimate of drug-likeness (QED) is 0.591. The molecular formula is C12H23N3O2S. The van der Waals surface area contributed by atoms with E-state index in [4.69, 9.17) is 5.73 Å². The molecule has 5 nitrogen and oxygen atoms in total. The molecule has 0 aromatic rings. The van der Waals surface area contributed by atoms with Gasteiger partial charge in [-0.3, -0.25) is 4.99 Å². The second kappa shape index (κ2) is 5.47. The standard InChI is InChI=1S/C12H23N3O2S/c1-10-4-2-6-15(9-10)12(13)14-8-11-5-3-7-18(11,16)17/h10-11H,2-9H2,1H3,(H2,13,14)/t10-,11+/m0/s1. The van der Waals surface area contributed by atoms with Crippen LogP contribution in [0.15, 0.2) is 4.99 Å². The Morgan fingerprint density at radius 3 is 2.78 bits per heavy atom. The van der Waals surface area contributed by atoms with Crippen LogP contribution in [-0.4, -0.2) is 49.9 Å². The van der Waals surface area contributed by atoms with E-state index in [1.165, 1.54) is 6.42 Å². The molecule has 0 radical (unpaired) electrons. The van der Waals surface area contributed by atoms with Gasteiger partial charge in [-0.15, -0.1) is 0 Å². The van der Waals surface area contributed by atoms with Gasteiger partial charge in [0, 0.05) is 13.1 Å². The van der Waals surface area contributed by atoms with Crippen molar-refractivity contribution in [3.05, 3.63) is 0 Å². The van der Waals surface area contributed by atoms with Crippen LogP contribution in [0, 0.1) is 5.92 Å². The number of hydrogen-bond acceptors (Lipinski definition) is 3. The van der Waals surface area contributed by atoms with Gasteiger partial charge in [0.05, 0.1) is 17.5 Å². The van der Waals surface area contributed by atoms with Crippen molar-refractivity contribution < 1.29 is 8.42 Å². The molecule has 2 saturated heterocycles. The van der Waals surface area contributed by atoms with Crippen molar-refractivity contribution in [1.29, 1.82) is 0 Å². The molecule has 2 aliphatic heterocycles. The van der Waals surface area contributed by atoms with E-state index in [2.05, 4.69) is 16.8 Å². The van der Waals surface area contributed by atoms with Crippen LogP contribution >= 0.6 is 0 Å². The van der Waals surface area contributed by atoms with E-state index < -0.39 is 9.84 Å². The minimum absolute atomic E-state index is 0.307. The molecule has 2 atom stereocenters. The summed E-state index contributed by atoms with van der Waals surface area (Å²) in [5, 5.41) is -0.307. The van der Waals surface area contributed by atoms with Gasteiger partial charge in [0.1, 0.15) is 0 Å². The number of guanidine groups is 1. The maximum absolute atomic E-state index is 11.7. The summed E-state index contributed by atoms with van der Waals surface area (Å²) in [6.45, 7) is 4.42. The first kappa shape index (κ1) is 13.6. The Morgan fingerprint density at radius 2 is 2.17 bits per heavy atom. The Balaban J connectivity index is 1.92. The van der Waals surface area contributed by atoms with E-state index in [1.807, 2.05) is 0 Å². The number of likely N-dealkylation sites (tertiary alicyclic amines) is 1. The van der Waals surface area contributed by atoms with Crippen LogP contribution in [0.5, 0.6) is 0 Å². The average Bonchev–Trinajstić information content (AvgIpc) is 2.65. The molecule has 2 aliphatic rings. The number of aliphatic imine (C=N–C) groups is 1. The Kier molecular flexibility index (Phi) is 4.14. The van der Waals surface area contributed by atoms with Gasteiger partial charge in [0.2, 0.25) is 0 Å². The third-order valence-corrected chi connectivity index (χ3v) is 6.16. The van der Waals surface area contributed by atoms with Gasteiger partial charge in [-0.2, -0.15) is 0 Å². The van der Waals surface area contributed by atoms with Gasteiger partial charge < -0.3 is 10.6 Å². The summed E-state index contributed by atoms with van der Waals surface area (Å²) in [5.74, 6) is 1.47. The highest BCUT2D eigenvalue weighted by Gasteiger charge is 2.31. The summed E-state index contributed by atoms with van der Waals surface area (Å²) in [6, 6.07) is 0. The number of rotatable bonds is 2. The first-order valence-corrected chi connectivity index (χ1v) is 8.47. The molecule has 6 heteroatoms. The van der Waals surface area contributed by atoms with Crippen LogP contribution in [0.2, 0.25) is 0 Å². The van der Waals surface area contributed by atoms with E-state index in [0.29, 0.717) is 24.2 Å². The van der Waals surface area contributed by atoms with Crippen LogP contribution in [-0.2, 0) is 9.84 Å². The van der Waals surface area contributed by atoms with Crippen molar-refractivity contribution >= 4 is 15.8 Å².